The second kappa shape index (κ2) is 6.82. The molecular formula is C12H16Cl2N2O. The van der Waals surface area contributed by atoms with E-state index in [1.807, 2.05) is 0 Å². The van der Waals surface area contributed by atoms with Crippen LogP contribution in [0.15, 0.2) is 12.1 Å². The molecule has 1 amide bonds. The Morgan fingerprint density at radius 3 is 2.29 bits per heavy atom. The first-order valence-corrected chi connectivity index (χ1v) is 6.43. The van der Waals surface area contributed by atoms with Gasteiger partial charge in [-0.1, -0.05) is 49.9 Å². The Bertz CT molecular complexity index is 372. The number of carbonyl (C=O) groups is 1. The molecule has 0 aliphatic heterocycles. The van der Waals surface area contributed by atoms with Crippen LogP contribution < -0.4 is 5.32 Å². The van der Waals surface area contributed by atoms with Crippen LogP contribution in [0.3, 0.4) is 0 Å². The molecule has 0 unspecified atom stereocenters. The van der Waals surface area contributed by atoms with E-state index in [0.717, 1.165) is 12.8 Å². The Morgan fingerprint density at radius 2 is 1.82 bits per heavy atom. The Morgan fingerprint density at radius 1 is 1.29 bits per heavy atom. The van der Waals surface area contributed by atoms with Crippen molar-refractivity contribution in [2.45, 2.75) is 26.7 Å². The highest BCUT2D eigenvalue weighted by Gasteiger charge is 2.10. The molecule has 1 rings (SSSR count). The van der Waals surface area contributed by atoms with Crippen molar-refractivity contribution in [1.82, 2.24) is 10.3 Å². The Labute approximate surface area is 112 Å². The van der Waals surface area contributed by atoms with E-state index in [-0.39, 0.29) is 16.2 Å². The fourth-order valence-corrected chi connectivity index (χ4v) is 1.97. The summed E-state index contributed by atoms with van der Waals surface area (Å²) in [5.41, 5.74) is 0.445. The van der Waals surface area contributed by atoms with E-state index in [1.165, 1.54) is 12.1 Å². The van der Waals surface area contributed by atoms with E-state index in [0.29, 0.717) is 18.0 Å². The third-order valence-corrected chi connectivity index (χ3v) is 3.12. The van der Waals surface area contributed by atoms with Crippen LogP contribution in [0, 0.1) is 5.92 Å². The maximum absolute atomic E-state index is 11.8. The third kappa shape index (κ3) is 4.52. The summed E-state index contributed by atoms with van der Waals surface area (Å²) < 4.78 is 0. The topological polar surface area (TPSA) is 42.0 Å². The minimum atomic E-state index is -0.164. The first kappa shape index (κ1) is 14.3. The number of nitrogens with zero attached hydrogens (tertiary/aromatic N) is 1. The van der Waals surface area contributed by atoms with Crippen molar-refractivity contribution in [1.29, 1.82) is 0 Å². The smallest absolute Gasteiger partial charge is 0.251 e. The molecule has 0 aliphatic carbocycles. The Balaban J connectivity index is 2.63. The molecule has 1 heterocycles. The van der Waals surface area contributed by atoms with Gasteiger partial charge >= 0.3 is 0 Å². The van der Waals surface area contributed by atoms with E-state index < -0.39 is 0 Å². The van der Waals surface area contributed by atoms with Gasteiger partial charge in [-0.25, -0.2) is 4.98 Å². The zero-order chi connectivity index (χ0) is 12.8. The first-order valence-electron chi connectivity index (χ1n) is 5.68. The monoisotopic (exact) mass is 274 g/mol. The Kier molecular flexibility index (Phi) is 5.72. The normalized spacial score (nSPS) is 10.6. The summed E-state index contributed by atoms with van der Waals surface area (Å²) in [4.78, 5) is 15.6. The molecule has 0 saturated carbocycles. The van der Waals surface area contributed by atoms with Crippen molar-refractivity contribution in [2.24, 2.45) is 5.92 Å². The van der Waals surface area contributed by atoms with Gasteiger partial charge in [-0.3, -0.25) is 4.79 Å². The number of hydrogen-bond acceptors (Lipinski definition) is 2. The molecule has 0 aromatic carbocycles. The minimum absolute atomic E-state index is 0.164. The van der Waals surface area contributed by atoms with Gasteiger partial charge in [0.2, 0.25) is 0 Å². The number of pyridine rings is 1. The Hall–Kier alpha value is -0.800. The van der Waals surface area contributed by atoms with Gasteiger partial charge in [0.25, 0.3) is 5.91 Å². The van der Waals surface area contributed by atoms with Crippen LogP contribution in [0.25, 0.3) is 0 Å². The van der Waals surface area contributed by atoms with Crippen molar-refractivity contribution in [3.05, 3.63) is 28.0 Å². The molecule has 1 aromatic rings. The fourth-order valence-electron chi connectivity index (χ4n) is 1.51. The predicted molar refractivity (Wildman–Crippen MR) is 70.7 cm³/mol. The predicted octanol–water partition coefficient (Wildman–Crippen LogP) is 3.55. The summed E-state index contributed by atoms with van der Waals surface area (Å²) >= 11 is 11.5. The van der Waals surface area contributed by atoms with Crippen molar-refractivity contribution in [2.75, 3.05) is 6.54 Å². The molecule has 0 radical (unpaired) electrons. The van der Waals surface area contributed by atoms with Gasteiger partial charge < -0.3 is 5.32 Å². The summed E-state index contributed by atoms with van der Waals surface area (Å²) in [6.45, 7) is 4.89. The van der Waals surface area contributed by atoms with Crippen LogP contribution in [0.1, 0.15) is 37.0 Å². The van der Waals surface area contributed by atoms with Gasteiger partial charge in [0.15, 0.2) is 0 Å². The van der Waals surface area contributed by atoms with Crippen LogP contribution in [-0.2, 0) is 0 Å². The summed E-state index contributed by atoms with van der Waals surface area (Å²) in [6, 6.07) is 3.02. The fraction of sp³-hybridized carbons (Fsp3) is 0.500. The van der Waals surface area contributed by atoms with Crippen molar-refractivity contribution < 1.29 is 4.79 Å². The summed E-state index contributed by atoms with van der Waals surface area (Å²) in [7, 11) is 0. The SMILES string of the molecule is CCC(CC)CNC(=O)c1cc(Cl)nc(Cl)c1. The van der Waals surface area contributed by atoms with Crippen LogP contribution in [0.2, 0.25) is 10.3 Å². The third-order valence-electron chi connectivity index (χ3n) is 2.73. The average molecular weight is 275 g/mol. The lowest BCUT2D eigenvalue weighted by Gasteiger charge is -2.13. The number of halogens is 2. The molecule has 0 aliphatic rings. The molecule has 1 N–H and O–H groups in total. The molecule has 0 spiro atoms. The van der Waals surface area contributed by atoms with Crippen molar-refractivity contribution in [3.8, 4) is 0 Å². The van der Waals surface area contributed by atoms with Crippen LogP contribution in [0.4, 0.5) is 0 Å². The highest BCUT2D eigenvalue weighted by molar-refractivity contribution is 6.33. The zero-order valence-corrected chi connectivity index (χ0v) is 11.5. The number of aromatic nitrogens is 1. The molecule has 3 nitrogen and oxygen atoms in total. The van der Waals surface area contributed by atoms with Gasteiger partial charge in [0.05, 0.1) is 0 Å². The van der Waals surface area contributed by atoms with Gasteiger partial charge in [-0.15, -0.1) is 0 Å². The summed E-state index contributed by atoms with van der Waals surface area (Å²) in [5.74, 6) is 0.342. The van der Waals surface area contributed by atoms with Crippen LogP contribution >= 0.6 is 23.2 Å². The van der Waals surface area contributed by atoms with E-state index in [4.69, 9.17) is 23.2 Å². The number of hydrogen-bond donors (Lipinski definition) is 1. The molecule has 17 heavy (non-hydrogen) atoms. The summed E-state index contributed by atoms with van der Waals surface area (Å²) in [5, 5.41) is 3.33. The number of nitrogens with one attached hydrogen (secondary N) is 1. The number of carbonyl (C=O) groups excluding carboxylic acids is 1. The van der Waals surface area contributed by atoms with E-state index in [2.05, 4.69) is 24.1 Å². The molecule has 94 valence electrons. The van der Waals surface area contributed by atoms with E-state index >= 15 is 0 Å². The maximum atomic E-state index is 11.8. The van der Waals surface area contributed by atoms with Gasteiger partial charge in [0.1, 0.15) is 10.3 Å². The van der Waals surface area contributed by atoms with Gasteiger partial charge in [-0.05, 0) is 18.1 Å². The molecule has 0 bridgehead atoms. The van der Waals surface area contributed by atoms with Gasteiger partial charge in [-0.2, -0.15) is 0 Å². The number of amides is 1. The van der Waals surface area contributed by atoms with Crippen LogP contribution in [-0.4, -0.2) is 17.4 Å². The quantitative estimate of drug-likeness (QED) is 0.835. The zero-order valence-electron chi connectivity index (χ0n) is 9.96. The van der Waals surface area contributed by atoms with E-state index in [1.54, 1.807) is 0 Å². The molecule has 0 fully saturated rings. The van der Waals surface area contributed by atoms with Crippen molar-refractivity contribution >= 4 is 29.1 Å². The highest BCUT2D eigenvalue weighted by Crippen LogP contribution is 2.14. The lowest BCUT2D eigenvalue weighted by Crippen LogP contribution is -2.28. The molecular weight excluding hydrogens is 259 g/mol. The van der Waals surface area contributed by atoms with Gasteiger partial charge in [0, 0.05) is 12.1 Å². The maximum Gasteiger partial charge on any atom is 0.251 e. The lowest BCUT2D eigenvalue weighted by molar-refractivity contribution is 0.0946. The second-order valence-corrected chi connectivity index (χ2v) is 4.67. The second-order valence-electron chi connectivity index (χ2n) is 3.89. The standard InChI is InChI=1S/C12H16Cl2N2O/c1-3-8(4-2)7-15-12(17)9-5-10(13)16-11(14)6-9/h5-6,8H,3-4,7H2,1-2H3,(H,15,17). The molecule has 0 atom stereocenters. The minimum Gasteiger partial charge on any atom is -0.352 e. The first-order chi connectivity index (χ1) is 8.06. The molecule has 0 saturated heterocycles. The highest BCUT2D eigenvalue weighted by atomic mass is 35.5. The molecule has 5 heteroatoms. The lowest BCUT2D eigenvalue weighted by atomic mass is 10.0. The largest absolute Gasteiger partial charge is 0.352 e. The van der Waals surface area contributed by atoms with Crippen molar-refractivity contribution in [3.63, 3.8) is 0 Å². The number of rotatable bonds is 5. The van der Waals surface area contributed by atoms with E-state index in [9.17, 15) is 4.79 Å². The molecule has 1 aromatic heterocycles. The van der Waals surface area contributed by atoms with Crippen LogP contribution in [0.5, 0.6) is 0 Å². The summed E-state index contributed by atoms with van der Waals surface area (Å²) in [6.07, 6.45) is 2.10. The average Bonchev–Trinajstić information content (AvgIpc) is 2.28.